The van der Waals surface area contributed by atoms with E-state index in [4.69, 9.17) is 9.52 Å². The van der Waals surface area contributed by atoms with E-state index in [1.807, 2.05) is 11.0 Å². The van der Waals surface area contributed by atoms with E-state index in [1.165, 1.54) is 6.42 Å². The van der Waals surface area contributed by atoms with Gasteiger partial charge in [0, 0.05) is 51.9 Å². The Balaban J connectivity index is 0.00000320. The molecule has 3 rings (SSSR count). The van der Waals surface area contributed by atoms with Gasteiger partial charge in [0.05, 0.1) is 12.2 Å². The van der Waals surface area contributed by atoms with Gasteiger partial charge in [-0.1, -0.05) is 19.0 Å². The molecule has 0 aliphatic carbocycles. The number of rotatable bonds is 6. The van der Waals surface area contributed by atoms with Gasteiger partial charge in [0.15, 0.2) is 11.7 Å². The van der Waals surface area contributed by atoms with Crippen molar-refractivity contribution in [3.8, 4) is 0 Å². The van der Waals surface area contributed by atoms with E-state index in [0.717, 1.165) is 76.1 Å². The molecule has 1 aromatic rings. The van der Waals surface area contributed by atoms with Gasteiger partial charge in [-0.25, -0.2) is 4.99 Å². The fourth-order valence-electron chi connectivity index (χ4n) is 3.81. The third-order valence-electron chi connectivity index (χ3n) is 5.63. The first-order chi connectivity index (χ1) is 14.1. The largest absolute Gasteiger partial charge is 0.359 e. The molecule has 0 spiro atoms. The molecule has 8 nitrogen and oxygen atoms in total. The topological polar surface area (TPSA) is 77.2 Å². The maximum absolute atomic E-state index is 12.5. The fourth-order valence-corrected chi connectivity index (χ4v) is 3.81. The van der Waals surface area contributed by atoms with Crippen molar-refractivity contribution in [1.82, 2.24) is 25.2 Å². The van der Waals surface area contributed by atoms with Gasteiger partial charge in [0.2, 0.25) is 5.91 Å². The lowest BCUT2D eigenvalue weighted by Crippen LogP contribution is -2.54. The van der Waals surface area contributed by atoms with Crippen LogP contribution in [0.25, 0.3) is 0 Å². The van der Waals surface area contributed by atoms with E-state index in [-0.39, 0.29) is 29.9 Å². The predicted octanol–water partition coefficient (Wildman–Crippen LogP) is 2.51. The summed E-state index contributed by atoms with van der Waals surface area (Å²) < 4.78 is 5.41. The Bertz CT molecular complexity index is 679. The van der Waals surface area contributed by atoms with Crippen molar-refractivity contribution in [3.05, 3.63) is 17.5 Å². The number of guanidine groups is 1. The van der Waals surface area contributed by atoms with Crippen LogP contribution in [0.4, 0.5) is 0 Å². The lowest BCUT2D eigenvalue weighted by atomic mass is 10.1. The number of aliphatic imine (C=N–C) groups is 1. The Hall–Kier alpha value is -1.36. The zero-order valence-corrected chi connectivity index (χ0v) is 20.9. The van der Waals surface area contributed by atoms with Crippen LogP contribution < -0.4 is 5.32 Å². The summed E-state index contributed by atoms with van der Waals surface area (Å²) in [6.07, 6.45) is 3.54. The standard InChI is InChI=1S/C21H36N6O2.HI/c1-4-22-21(23-15-18-14-19(17(2)3)24-29-18)27-12-10-25(11-13-27)16-20(28)26-8-6-5-7-9-26;/h14,17H,4-13,15-16H2,1-3H3,(H,22,23);1H. The van der Waals surface area contributed by atoms with Gasteiger partial charge in [-0.2, -0.15) is 0 Å². The predicted molar refractivity (Wildman–Crippen MR) is 129 cm³/mol. The zero-order chi connectivity index (χ0) is 20.6. The van der Waals surface area contributed by atoms with Crippen LogP contribution in [0.3, 0.4) is 0 Å². The lowest BCUT2D eigenvalue weighted by Gasteiger charge is -2.37. The third-order valence-corrected chi connectivity index (χ3v) is 5.63. The van der Waals surface area contributed by atoms with Crippen LogP contribution in [0, 0.1) is 0 Å². The number of likely N-dealkylation sites (tertiary alicyclic amines) is 1. The van der Waals surface area contributed by atoms with Gasteiger partial charge in [0.1, 0.15) is 6.54 Å². The minimum absolute atomic E-state index is 0. The quantitative estimate of drug-likeness (QED) is 0.345. The molecule has 0 aromatic carbocycles. The van der Waals surface area contributed by atoms with Crippen LogP contribution in [0.1, 0.15) is 57.4 Å². The number of nitrogens with zero attached hydrogens (tertiary/aromatic N) is 5. The Kier molecular flexibility index (Phi) is 10.4. The lowest BCUT2D eigenvalue weighted by molar-refractivity contribution is -0.133. The number of carbonyl (C=O) groups excluding carboxylic acids is 1. The molecule has 2 aliphatic rings. The molecule has 0 radical (unpaired) electrons. The SMILES string of the molecule is CCNC(=NCc1cc(C(C)C)no1)N1CCN(CC(=O)N2CCCCC2)CC1.I. The van der Waals surface area contributed by atoms with Gasteiger partial charge in [0.25, 0.3) is 0 Å². The normalized spacial score (nSPS) is 18.5. The molecule has 1 aromatic heterocycles. The Morgan fingerprint density at radius 2 is 1.83 bits per heavy atom. The van der Waals surface area contributed by atoms with E-state index in [9.17, 15) is 4.79 Å². The Morgan fingerprint density at radius 1 is 1.13 bits per heavy atom. The van der Waals surface area contributed by atoms with Crippen molar-refractivity contribution in [2.75, 3.05) is 52.4 Å². The molecule has 9 heteroatoms. The first kappa shape index (κ1) is 24.9. The first-order valence-electron chi connectivity index (χ1n) is 11.1. The highest BCUT2D eigenvalue weighted by Crippen LogP contribution is 2.15. The zero-order valence-electron chi connectivity index (χ0n) is 18.6. The smallest absolute Gasteiger partial charge is 0.236 e. The maximum atomic E-state index is 12.5. The van der Waals surface area contributed by atoms with Gasteiger partial charge in [-0.15, -0.1) is 24.0 Å². The minimum atomic E-state index is 0. The van der Waals surface area contributed by atoms with Gasteiger partial charge in [-0.05, 0) is 32.1 Å². The molecule has 1 N–H and O–H groups in total. The number of amides is 1. The van der Waals surface area contributed by atoms with E-state index in [1.54, 1.807) is 0 Å². The van der Waals surface area contributed by atoms with Crippen LogP contribution >= 0.6 is 24.0 Å². The summed E-state index contributed by atoms with van der Waals surface area (Å²) >= 11 is 0. The molecule has 2 fully saturated rings. The molecule has 170 valence electrons. The monoisotopic (exact) mass is 532 g/mol. The number of carbonyl (C=O) groups is 1. The third kappa shape index (κ3) is 7.11. The van der Waals surface area contributed by atoms with Crippen LogP contribution in [-0.2, 0) is 11.3 Å². The van der Waals surface area contributed by atoms with E-state index in [0.29, 0.717) is 19.0 Å². The summed E-state index contributed by atoms with van der Waals surface area (Å²) in [4.78, 5) is 23.8. The molecular formula is C21H37IN6O2. The number of piperazine rings is 1. The number of hydrogen-bond acceptors (Lipinski definition) is 5. The van der Waals surface area contributed by atoms with E-state index < -0.39 is 0 Å². The summed E-state index contributed by atoms with van der Waals surface area (Å²) in [7, 11) is 0. The number of aromatic nitrogens is 1. The van der Waals surface area contributed by atoms with Crippen molar-refractivity contribution in [1.29, 1.82) is 0 Å². The minimum Gasteiger partial charge on any atom is -0.359 e. The fraction of sp³-hybridized carbons (Fsp3) is 0.762. The van der Waals surface area contributed by atoms with E-state index >= 15 is 0 Å². The van der Waals surface area contributed by atoms with Gasteiger partial charge < -0.3 is 19.6 Å². The van der Waals surface area contributed by atoms with Crippen molar-refractivity contribution in [2.45, 2.75) is 52.5 Å². The van der Waals surface area contributed by atoms with Crippen molar-refractivity contribution >= 4 is 35.8 Å². The average molecular weight is 532 g/mol. The molecule has 0 bridgehead atoms. The molecular weight excluding hydrogens is 495 g/mol. The first-order valence-corrected chi connectivity index (χ1v) is 11.1. The van der Waals surface area contributed by atoms with Crippen LogP contribution in [0.2, 0.25) is 0 Å². The van der Waals surface area contributed by atoms with Crippen LogP contribution in [0.5, 0.6) is 0 Å². The second kappa shape index (κ2) is 12.5. The molecule has 0 atom stereocenters. The molecule has 0 unspecified atom stereocenters. The van der Waals surface area contributed by atoms with Crippen molar-refractivity contribution in [3.63, 3.8) is 0 Å². The van der Waals surface area contributed by atoms with E-state index in [2.05, 4.69) is 41.0 Å². The number of halogens is 1. The highest BCUT2D eigenvalue weighted by atomic mass is 127. The molecule has 2 aliphatic heterocycles. The summed E-state index contributed by atoms with van der Waals surface area (Å²) in [5, 5.41) is 7.49. The van der Waals surface area contributed by atoms with Crippen LogP contribution in [0.15, 0.2) is 15.6 Å². The van der Waals surface area contributed by atoms with Crippen molar-refractivity contribution in [2.24, 2.45) is 4.99 Å². The van der Waals surface area contributed by atoms with Gasteiger partial charge >= 0.3 is 0 Å². The Labute approximate surface area is 197 Å². The second-order valence-electron chi connectivity index (χ2n) is 8.25. The summed E-state index contributed by atoms with van der Waals surface area (Å²) in [5.41, 5.74) is 0.965. The molecule has 2 saturated heterocycles. The second-order valence-corrected chi connectivity index (χ2v) is 8.25. The summed E-state index contributed by atoms with van der Waals surface area (Å²) in [5.74, 6) is 2.32. The average Bonchev–Trinajstić information content (AvgIpc) is 3.22. The number of piperidine rings is 1. The van der Waals surface area contributed by atoms with Gasteiger partial charge in [-0.3, -0.25) is 9.69 Å². The number of nitrogens with one attached hydrogen (secondary N) is 1. The molecule has 1 amide bonds. The summed E-state index contributed by atoms with van der Waals surface area (Å²) in [6, 6.07) is 1.99. The maximum Gasteiger partial charge on any atom is 0.236 e. The highest BCUT2D eigenvalue weighted by molar-refractivity contribution is 14.0. The number of hydrogen-bond donors (Lipinski definition) is 1. The van der Waals surface area contributed by atoms with Crippen LogP contribution in [-0.4, -0.2) is 84.1 Å². The Morgan fingerprint density at radius 3 is 2.43 bits per heavy atom. The molecule has 3 heterocycles. The summed E-state index contributed by atoms with van der Waals surface area (Å²) in [6.45, 7) is 13.5. The highest BCUT2D eigenvalue weighted by Gasteiger charge is 2.24. The van der Waals surface area contributed by atoms with Crippen molar-refractivity contribution < 1.29 is 9.32 Å². The molecule has 30 heavy (non-hydrogen) atoms. The molecule has 0 saturated carbocycles.